The zero-order valence-electron chi connectivity index (χ0n) is 14.0. The molecular formula is C18H19NO6. The van der Waals surface area contributed by atoms with Crippen LogP contribution in [0.15, 0.2) is 60.7 Å². The molecule has 2 rings (SSSR count). The van der Waals surface area contributed by atoms with E-state index >= 15 is 0 Å². The fourth-order valence-corrected chi connectivity index (χ4v) is 1.70. The number of ether oxygens (including phenoxy) is 2. The average Bonchev–Trinajstić information content (AvgIpc) is 2.62. The van der Waals surface area contributed by atoms with Crippen LogP contribution < -0.4 is 9.47 Å². The van der Waals surface area contributed by atoms with Crippen molar-refractivity contribution >= 4 is 12.3 Å². The molecule has 25 heavy (non-hydrogen) atoms. The van der Waals surface area contributed by atoms with Crippen molar-refractivity contribution in [2.45, 2.75) is 26.3 Å². The van der Waals surface area contributed by atoms with Gasteiger partial charge in [-0.25, -0.2) is 9.59 Å². The first-order valence-corrected chi connectivity index (χ1v) is 7.77. The third-order valence-corrected chi connectivity index (χ3v) is 3.17. The summed E-state index contributed by atoms with van der Waals surface area (Å²) in [6, 6.07) is 16.4. The summed E-state index contributed by atoms with van der Waals surface area (Å²) < 4.78 is 10.0. The van der Waals surface area contributed by atoms with E-state index in [0.29, 0.717) is 17.9 Å². The van der Waals surface area contributed by atoms with Crippen LogP contribution in [0, 0.1) is 0 Å². The van der Waals surface area contributed by atoms with Crippen molar-refractivity contribution in [2.24, 2.45) is 0 Å². The van der Waals surface area contributed by atoms with E-state index in [-0.39, 0.29) is 0 Å². The Morgan fingerprint density at radius 2 is 1.24 bits per heavy atom. The second-order valence-electron chi connectivity index (χ2n) is 5.06. The zero-order chi connectivity index (χ0) is 18.1. The lowest BCUT2D eigenvalue weighted by atomic mass is 10.3. The van der Waals surface area contributed by atoms with E-state index < -0.39 is 18.4 Å². The fraction of sp³-hybridized carbons (Fsp3) is 0.222. The molecule has 1 unspecified atom stereocenters. The Balaban J connectivity index is 1.93. The van der Waals surface area contributed by atoms with Crippen molar-refractivity contribution in [2.75, 3.05) is 0 Å². The summed E-state index contributed by atoms with van der Waals surface area (Å²) in [6.45, 7) is 3.56. The minimum Gasteiger partial charge on any atom is -0.394 e. The second kappa shape index (κ2) is 9.29. The Kier molecular flexibility index (Phi) is 6.79. The van der Waals surface area contributed by atoms with Gasteiger partial charge >= 0.3 is 12.3 Å². The maximum absolute atomic E-state index is 11.9. The monoisotopic (exact) mass is 345 g/mol. The quantitative estimate of drug-likeness (QED) is 0.438. The van der Waals surface area contributed by atoms with Gasteiger partial charge in [-0.1, -0.05) is 43.3 Å². The van der Waals surface area contributed by atoms with Gasteiger partial charge < -0.3 is 9.47 Å². The highest BCUT2D eigenvalue weighted by Gasteiger charge is 2.25. The average molecular weight is 345 g/mol. The van der Waals surface area contributed by atoms with Gasteiger partial charge in [-0.05, 0) is 37.6 Å². The Hall–Kier alpha value is -3.06. The summed E-state index contributed by atoms with van der Waals surface area (Å²) in [7, 11) is 0. The number of benzene rings is 2. The fourth-order valence-electron chi connectivity index (χ4n) is 1.70. The molecule has 132 valence electrons. The standard InChI is InChI=1S/C18H19NO6/c1-3-14(2)19(24-17(20)22-15-10-6-4-7-11-15)25-18(21)23-16-12-8-5-9-13-16/h4-14H,3H2,1-2H3. The molecule has 2 aromatic rings. The Morgan fingerprint density at radius 1 is 0.840 bits per heavy atom. The minimum absolute atomic E-state index is 0.309. The van der Waals surface area contributed by atoms with Crippen LogP contribution in [0.1, 0.15) is 20.3 Å². The topological polar surface area (TPSA) is 74.3 Å². The van der Waals surface area contributed by atoms with E-state index in [4.69, 9.17) is 19.1 Å². The summed E-state index contributed by atoms with van der Waals surface area (Å²) in [5.41, 5.74) is 0. The Bertz CT molecular complexity index is 621. The molecule has 0 spiro atoms. The van der Waals surface area contributed by atoms with Gasteiger partial charge in [0.2, 0.25) is 0 Å². The van der Waals surface area contributed by atoms with Crippen LogP contribution >= 0.6 is 0 Å². The molecule has 7 heteroatoms. The molecule has 0 radical (unpaired) electrons. The first kappa shape index (κ1) is 18.3. The molecule has 0 aliphatic rings. The number of nitrogens with zero attached hydrogens (tertiary/aromatic N) is 1. The number of rotatable bonds is 6. The van der Waals surface area contributed by atoms with Crippen LogP contribution in [-0.4, -0.2) is 23.6 Å². The van der Waals surface area contributed by atoms with E-state index in [1.54, 1.807) is 67.6 Å². The van der Waals surface area contributed by atoms with Gasteiger partial charge in [-0.3, -0.25) is 9.68 Å². The highest BCUT2D eigenvalue weighted by molar-refractivity contribution is 5.65. The molecule has 0 heterocycles. The molecule has 7 nitrogen and oxygen atoms in total. The van der Waals surface area contributed by atoms with E-state index in [2.05, 4.69) is 0 Å². The molecule has 0 N–H and O–H groups in total. The number of carbonyl (C=O) groups is 2. The van der Waals surface area contributed by atoms with Gasteiger partial charge in [0.05, 0.1) is 6.04 Å². The normalized spacial score (nSPS) is 11.5. The van der Waals surface area contributed by atoms with Crippen LogP contribution in [0.2, 0.25) is 0 Å². The van der Waals surface area contributed by atoms with Gasteiger partial charge in [-0.15, -0.1) is 0 Å². The molecule has 0 aromatic heterocycles. The first-order valence-electron chi connectivity index (χ1n) is 7.77. The molecule has 0 aliphatic heterocycles. The Morgan fingerprint density at radius 3 is 1.60 bits per heavy atom. The van der Waals surface area contributed by atoms with E-state index in [9.17, 15) is 9.59 Å². The van der Waals surface area contributed by atoms with Crippen molar-refractivity contribution in [3.8, 4) is 11.5 Å². The van der Waals surface area contributed by atoms with E-state index in [0.717, 1.165) is 5.23 Å². The van der Waals surface area contributed by atoms with Crippen molar-refractivity contribution in [3.05, 3.63) is 60.7 Å². The molecule has 0 saturated heterocycles. The van der Waals surface area contributed by atoms with Crippen LogP contribution in [0.4, 0.5) is 9.59 Å². The zero-order valence-corrected chi connectivity index (χ0v) is 14.0. The molecule has 0 aliphatic carbocycles. The van der Waals surface area contributed by atoms with Crippen LogP contribution in [0.3, 0.4) is 0 Å². The number of carbonyl (C=O) groups excluding carboxylic acids is 2. The molecule has 2 aromatic carbocycles. The Labute approximate surface area is 145 Å². The minimum atomic E-state index is -1.03. The van der Waals surface area contributed by atoms with Gasteiger partial charge in [0.25, 0.3) is 0 Å². The summed E-state index contributed by atoms with van der Waals surface area (Å²) in [6.07, 6.45) is -1.50. The predicted octanol–water partition coefficient (Wildman–Crippen LogP) is 4.35. The lowest BCUT2D eigenvalue weighted by Gasteiger charge is -2.23. The van der Waals surface area contributed by atoms with Crippen LogP contribution in [0.5, 0.6) is 11.5 Å². The summed E-state index contributed by atoms with van der Waals surface area (Å²) in [4.78, 5) is 33.7. The number of hydrogen-bond acceptors (Lipinski definition) is 7. The maximum atomic E-state index is 11.9. The summed E-state index contributed by atoms with van der Waals surface area (Å²) >= 11 is 0. The second-order valence-corrected chi connectivity index (χ2v) is 5.06. The lowest BCUT2D eigenvalue weighted by Crippen LogP contribution is -2.38. The number of hydroxylamine groups is 2. The maximum Gasteiger partial charge on any atom is 0.536 e. The van der Waals surface area contributed by atoms with Gasteiger partial charge in [0.1, 0.15) is 11.5 Å². The highest BCUT2D eigenvalue weighted by atomic mass is 17.0. The van der Waals surface area contributed by atoms with Crippen LogP contribution in [0.25, 0.3) is 0 Å². The predicted molar refractivity (Wildman–Crippen MR) is 88.7 cm³/mol. The van der Waals surface area contributed by atoms with Gasteiger partial charge in [-0.2, -0.15) is 0 Å². The third kappa shape index (κ3) is 6.15. The smallest absolute Gasteiger partial charge is 0.394 e. The van der Waals surface area contributed by atoms with Crippen molar-refractivity contribution < 1.29 is 28.7 Å². The molecule has 0 amide bonds. The summed E-state index contributed by atoms with van der Waals surface area (Å²) in [5.74, 6) is 0.618. The third-order valence-electron chi connectivity index (χ3n) is 3.17. The number of hydrogen-bond donors (Lipinski definition) is 0. The largest absolute Gasteiger partial charge is 0.536 e. The molecule has 0 saturated carbocycles. The molecular weight excluding hydrogens is 326 g/mol. The van der Waals surface area contributed by atoms with E-state index in [1.165, 1.54) is 0 Å². The molecule has 0 bridgehead atoms. The van der Waals surface area contributed by atoms with Crippen molar-refractivity contribution in [3.63, 3.8) is 0 Å². The van der Waals surface area contributed by atoms with Gasteiger partial charge in [0, 0.05) is 5.23 Å². The lowest BCUT2D eigenvalue weighted by molar-refractivity contribution is -0.328. The van der Waals surface area contributed by atoms with Gasteiger partial charge in [0.15, 0.2) is 0 Å². The molecule has 0 fully saturated rings. The van der Waals surface area contributed by atoms with Crippen LogP contribution in [-0.2, 0) is 9.68 Å². The highest BCUT2D eigenvalue weighted by Crippen LogP contribution is 2.14. The molecule has 1 atom stereocenters. The van der Waals surface area contributed by atoms with Crippen molar-refractivity contribution in [1.82, 2.24) is 5.23 Å². The SMILES string of the molecule is CCC(C)N(OC(=O)Oc1ccccc1)OC(=O)Oc1ccccc1. The number of para-hydroxylation sites is 2. The first-order chi connectivity index (χ1) is 12.1. The summed E-state index contributed by atoms with van der Waals surface area (Å²) in [5, 5.41) is 0.760. The van der Waals surface area contributed by atoms with E-state index in [1.807, 2.05) is 6.92 Å². The van der Waals surface area contributed by atoms with Crippen molar-refractivity contribution in [1.29, 1.82) is 0 Å².